The molecule has 3 heterocycles. The van der Waals surface area contributed by atoms with Crippen molar-refractivity contribution in [3.05, 3.63) is 90.3 Å². The minimum absolute atomic E-state index is 0.313. The molecule has 0 aliphatic rings. The predicted octanol–water partition coefficient (Wildman–Crippen LogP) is 3.56. The number of anilines is 2. The summed E-state index contributed by atoms with van der Waals surface area (Å²) in [6, 6.07) is 13.5. The third-order valence-electron chi connectivity index (χ3n) is 5.62. The van der Waals surface area contributed by atoms with Gasteiger partial charge in [0, 0.05) is 39.9 Å². The number of nitrogens with one attached hydrogen (secondary N) is 4. The van der Waals surface area contributed by atoms with Crippen LogP contribution in [0.2, 0.25) is 0 Å². The summed E-state index contributed by atoms with van der Waals surface area (Å²) < 4.78 is 0. The van der Waals surface area contributed by atoms with Gasteiger partial charge in [0.15, 0.2) is 5.82 Å². The van der Waals surface area contributed by atoms with E-state index in [1.54, 1.807) is 12.4 Å². The first-order valence-corrected chi connectivity index (χ1v) is 10.8. The van der Waals surface area contributed by atoms with Crippen LogP contribution in [0.15, 0.2) is 79.0 Å². The van der Waals surface area contributed by atoms with Crippen LogP contribution in [0.1, 0.15) is 16.1 Å². The average molecular weight is 466 g/mol. The Labute approximate surface area is 200 Å². The smallest absolute Gasteiger partial charge is 0.272 e. The fourth-order valence-electron chi connectivity index (χ4n) is 3.86. The number of rotatable bonds is 6. The molecule has 5 rings (SSSR count). The van der Waals surface area contributed by atoms with Gasteiger partial charge in [-0.1, -0.05) is 0 Å². The van der Waals surface area contributed by atoms with E-state index < -0.39 is 0 Å². The van der Waals surface area contributed by atoms with E-state index in [-0.39, 0.29) is 5.91 Å². The van der Waals surface area contributed by atoms with E-state index in [4.69, 9.17) is 11.5 Å². The van der Waals surface area contributed by atoms with Gasteiger partial charge in [0.25, 0.3) is 5.91 Å². The van der Waals surface area contributed by atoms with Crippen LogP contribution in [0, 0.1) is 6.92 Å². The van der Waals surface area contributed by atoms with Crippen molar-refractivity contribution in [3.8, 4) is 11.4 Å². The van der Waals surface area contributed by atoms with Gasteiger partial charge in [-0.15, -0.1) is 0 Å². The SMILES string of the molecule is Cc1c(C(=O)NC(/C=C\N)=C/N)[nH]c2ccc(-c3nccc(Nc4ccc5[nH]ncc5c4)n3)cc12. The lowest BCUT2D eigenvalue weighted by molar-refractivity contribution is 0.0962. The monoisotopic (exact) mass is 465 g/mol. The van der Waals surface area contributed by atoms with Crippen molar-refractivity contribution in [2.75, 3.05) is 5.32 Å². The highest BCUT2D eigenvalue weighted by molar-refractivity contribution is 6.02. The molecule has 0 atom stereocenters. The molecule has 5 aromatic rings. The van der Waals surface area contributed by atoms with E-state index in [0.29, 0.717) is 23.0 Å². The van der Waals surface area contributed by atoms with Crippen molar-refractivity contribution >= 4 is 39.2 Å². The molecule has 174 valence electrons. The van der Waals surface area contributed by atoms with Gasteiger partial charge < -0.3 is 27.1 Å². The van der Waals surface area contributed by atoms with Crippen LogP contribution >= 0.6 is 0 Å². The summed E-state index contributed by atoms with van der Waals surface area (Å²) in [6.07, 6.45) is 7.58. The van der Waals surface area contributed by atoms with E-state index in [1.165, 1.54) is 18.5 Å². The Bertz CT molecular complexity index is 1610. The van der Waals surface area contributed by atoms with E-state index in [2.05, 4.69) is 35.8 Å². The average Bonchev–Trinajstić information content (AvgIpc) is 3.47. The molecular weight excluding hydrogens is 442 g/mol. The lowest BCUT2D eigenvalue weighted by Gasteiger charge is -2.07. The van der Waals surface area contributed by atoms with Gasteiger partial charge in [-0.2, -0.15) is 5.10 Å². The summed E-state index contributed by atoms with van der Waals surface area (Å²) >= 11 is 0. The van der Waals surface area contributed by atoms with Crippen molar-refractivity contribution in [2.45, 2.75) is 6.92 Å². The quantitative estimate of drug-likeness (QED) is 0.209. The van der Waals surface area contributed by atoms with E-state index >= 15 is 0 Å². The fourth-order valence-corrected chi connectivity index (χ4v) is 3.86. The Morgan fingerprint density at radius 3 is 2.77 bits per heavy atom. The van der Waals surface area contributed by atoms with E-state index in [1.807, 2.05) is 49.4 Å². The molecular formula is C25H23N9O. The fraction of sp³-hybridized carbons (Fsp3) is 0.0400. The Kier molecular flexibility index (Phi) is 5.60. The Hall–Kier alpha value is -5.12. The molecule has 0 fully saturated rings. The number of nitrogens with zero attached hydrogens (tertiary/aromatic N) is 3. The summed E-state index contributed by atoms with van der Waals surface area (Å²) in [4.78, 5) is 25.1. The predicted molar refractivity (Wildman–Crippen MR) is 137 cm³/mol. The molecule has 0 aliphatic heterocycles. The number of fused-ring (bicyclic) bond motifs is 2. The highest BCUT2D eigenvalue weighted by Crippen LogP contribution is 2.28. The third-order valence-corrected chi connectivity index (χ3v) is 5.62. The molecule has 8 N–H and O–H groups in total. The van der Waals surface area contributed by atoms with Gasteiger partial charge in [0.05, 0.1) is 17.4 Å². The Morgan fingerprint density at radius 2 is 1.94 bits per heavy atom. The zero-order valence-electron chi connectivity index (χ0n) is 18.8. The van der Waals surface area contributed by atoms with Crippen molar-refractivity contribution in [3.63, 3.8) is 0 Å². The Morgan fingerprint density at radius 1 is 1.09 bits per heavy atom. The number of H-pyrrole nitrogens is 2. The van der Waals surface area contributed by atoms with Crippen LogP contribution in [0.3, 0.4) is 0 Å². The molecule has 0 saturated carbocycles. The lowest BCUT2D eigenvalue weighted by atomic mass is 10.1. The number of aromatic nitrogens is 5. The lowest BCUT2D eigenvalue weighted by Crippen LogP contribution is -2.23. The van der Waals surface area contributed by atoms with E-state index in [0.717, 1.165) is 38.6 Å². The molecule has 0 spiro atoms. The molecule has 0 aliphatic carbocycles. The van der Waals surface area contributed by atoms with Gasteiger partial charge in [-0.3, -0.25) is 9.89 Å². The number of allylic oxidation sites excluding steroid dienone is 1. The summed E-state index contributed by atoms with van der Waals surface area (Å²) in [5, 5.41) is 14.9. The summed E-state index contributed by atoms with van der Waals surface area (Å²) in [5.74, 6) is 0.916. The number of aromatic amines is 2. The van der Waals surface area contributed by atoms with Gasteiger partial charge in [-0.25, -0.2) is 9.97 Å². The van der Waals surface area contributed by atoms with Crippen molar-refractivity contribution in [2.24, 2.45) is 11.5 Å². The number of nitrogens with two attached hydrogens (primary N) is 2. The van der Waals surface area contributed by atoms with Crippen LogP contribution in [-0.4, -0.2) is 31.1 Å². The molecule has 10 nitrogen and oxygen atoms in total. The number of carbonyl (C=O) groups is 1. The second kappa shape index (κ2) is 9.02. The zero-order valence-corrected chi connectivity index (χ0v) is 18.8. The maximum Gasteiger partial charge on any atom is 0.272 e. The van der Waals surface area contributed by atoms with Crippen LogP contribution < -0.4 is 22.1 Å². The highest BCUT2D eigenvalue weighted by atomic mass is 16.1. The molecule has 0 bridgehead atoms. The van der Waals surface area contributed by atoms with Gasteiger partial charge in [-0.05, 0) is 67.2 Å². The van der Waals surface area contributed by atoms with Crippen LogP contribution in [0.4, 0.5) is 11.5 Å². The molecule has 10 heteroatoms. The minimum atomic E-state index is -0.313. The van der Waals surface area contributed by atoms with E-state index in [9.17, 15) is 4.79 Å². The molecule has 35 heavy (non-hydrogen) atoms. The molecule has 3 aromatic heterocycles. The standard InChI is InChI=1S/C25H23N9O/c1-14-19-11-15(2-4-21(19)32-23(14)25(35)31-18(12-27)6-8-26)24-28-9-7-22(33-24)30-17-3-5-20-16(10-17)13-29-34-20/h2-13,32H,26-27H2,1H3,(H,29,34)(H,31,35)(H,28,30,33)/b8-6-,18-12+. The van der Waals surface area contributed by atoms with Gasteiger partial charge in [0.2, 0.25) is 0 Å². The maximum atomic E-state index is 12.8. The summed E-state index contributed by atoms with van der Waals surface area (Å²) in [5.41, 5.74) is 16.1. The molecule has 1 amide bonds. The topological polar surface area (TPSA) is 163 Å². The van der Waals surface area contributed by atoms with Gasteiger partial charge >= 0.3 is 0 Å². The number of hydrogen-bond donors (Lipinski definition) is 6. The second-order valence-electron chi connectivity index (χ2n) is 7.88. The Balaban J connectivity index is 1.43. The first-order chi connectivity index (χ1) is 17.1. The second-order valence-corrected chi connectivity index (χ2v) is 7.88. The number of hydrogen-bond acceptors (Lipinski definition) is 7. The summed E-state index contributed by atoms with van der Waals surface area (Å²) in [7, 11) is 0. The number of amides is 1. The first-order valence-electron chi connectivity index (χ1n) is 10.8. The molecule has 0 radical (unpaired) electrons. The molecule has 0 unspecified atom stereocenters. The summed E-state index contributed by atoms with van der Waals surface area (Å²) in [6.45, 7) is 1.88. The number of carbonyl (C=O) groups excluding carboxylic acids is 1. The first kappa shape index (κ1) is 21.7. The largest absolute Gasteiger partial charge is 0.405 e. The normalized spacial score (nSPS) is 12.0. The van der Waals surface area contributed by atoms with Crippen molar-refractivity contribution in [1.82, 2.24) is 30.5 Å². The number of aryl methyl sites for hydroxylation is 1. The van der Waals surface area contributed by atoms with Crippen molar-refractivity contribution in [1.29, 1.82) is 0 Å². The van der Waals surface area contributed by atoms with Gasteiger partial charge in [0.1, 0.15) is 11.5 Å². The minimum Gasteiger partial charge on any atom is -0.405 e. The highest BCUT2D eigenvalue weighted by Gasteiger charge is 2.16. The number of benzene rings is 2. The molecule has 2 aromatic carbocycles. The molecule has 0 saturated heterocycles. The maximum absolute atomic E-state index is 12.8. The van der Waals surface area contributed by atoms with Crippen molar-refractivity contribution < 1.29 is 4.79 Å². The third kappa shape index (κ3) is 4.27. The van der Waals surface area contributed by atoms with Crippen LogP contribution in [0.25, 0.3) is 33.2 Å². The van der Waals surface area contributed by atoms with Crippen LogP contribution in [-0.2, 0) is 0 Å². The van der Waals surface area contributed by atoms with Crippen LogP contribution in [0.5, 0.6) is 0 Å². The zero-order chi connectivity index (χ0) is 24.4.